The van der Waals surface area contributed by atoms with E-state index in [1.807, 2.05) is 23.7 Å². The lowest BCUT2D eigenvalue weighted by Gasteiger charge is -2.45. The summed E-state index contributed by atoms with van der Waals surface area (Å²) in [6.45, 7) is 35.1. The molecule has 8 aromatic rings. The second-order valence-electron chi connectivity index (χ2n) is 22.3. The minimum atomic E-state index is -0.0337. The lowest BCUT2D eigenvalue weighted by Crippen LogP contribution is -2.61. The summed E-state index contributed by atoms with van der Waals surface area (Å²) in [6, 6.07) is 37.8. The minimum Gasteiger partial charge on any atom is -0.464 e. The van der Waals surface area contributed by atoms with Crippen molar-refractivity contribution in [1.82, 2.24) is 0 Å². The van der Waals surface area contributed by atoms with E-state index in [1.54, 1.807) is 0 Å². The van der Waals surface area contributed by atoms with E-state index in [0.717, 1.165) is 16.5 Å². The van der Waals surface area contributed by atoms with Gasteiger partial charge in [-0.3, -0.25) is 0 Å². The Morgan fingerprint density at radius 3 is 1.73 bits per heavy atom. The third-order valence-corrected chi connectivity index (χ3v) is 15.4. The van der Waals surface area contributed by atoms with E-state index in [-0.39, 0.29) is 23.0 Å². The number of aryl methyl sites for hydroxylation is 4. The van der Waals surface area contributed by atoms with E-state index in [2.05, 4.69) is 205 Å². The van der Waals surface area contributed by atoms with Crippen LogP contribution in [0.1, 0.15) is 127 Å². The van der Waals surface area contributed by atoms with Crippen LogP contribution < -0.4 is 26.2 Å². The van der Waals surface area contributed by atoms with E-state index >= 15 is 0 Å². The number of hydrogen-bond donors (Lipinski definition) is 0. The van der Waals surface area contributed by atoms with Crippen molar-refractivity contribution >= 4 is 88.9 Å². The van der Waals surface area contributed by atoms with Crippen LogP contribution in [0, 0.1) is 27.7 Å². The number of anilines is 6. The maximum atomic E-state index is 6.09. The maximum absolute atomic E-state index is 6.09. The predicted octanol–water partition coefficient (Wildman–Crippen LogP) is 15.6. The molecular weight excluding hydrogens is 796 g/mol. The van der Waals surface area contributed by atoms with E-state index in [0.29, 0.717) is 5.92 Å². The van der Waals surface area contributed by atoms with Crippen molar-refractivity contribution in [1.29, 1.82) is 0 Å². The summed E-state index contributed by atoms with van der Waals surface area (Å²) < 4.78 is 7.43. The Labute approximate surface area is 386 Å². The maximum Gasteiger partial charge on any atom is 0.254 e. The number of hydrogen-bond acceptors (Lipinski definition) is 4. The van der Waals surface area contributed by atoms with Crippen molar-refractivity contribution < 1.29 is 4.42 Å². The molecule has 10 rings (SSSR count). The van der Waals surface area contributed by atoms with Gasteiger partial charge in [0.25, 0.3) is 6.71 Å². The number of nitrogens with zero attached hydrogens (tertiary/aromatic N) is 2. The fourth-order valence-corrected chi connectivity index (χ4v) is 11.9. The fourth-order valence-electron chi connectivity index (χ4n) is 10.7. The average Bonchev–Trinajstić information content (AvgIpc) is 3.82. The minimum absolute atomic E-state index is 0.00714. The molecule has 0 spiro atoms. The molecule has 0 fully saturated rings. The van der Waals surface area contributed by atoms with E-state index in [9.17, 15) is 0 Å². The number of rotatable bonds is 4. The van der Waals surface area contributed by atoms with Crippen LogP contribution >= 0.6 is 11.3 Å². The second kappa shape index (κ2) is 14.5. The molecule has 0 bridgehead atoms. The Morgan fingerprint density at radius 1 is 0.547 bits per heavy atom. The number of fused-ring (bicyclic) bond motifs is 7. The van der Waals surface area contributed by atoms with Gasteiger partial charge in [0.1, 0.15) is 5.58 Å². The van der Waals surface area contributed by atoms with Gasteiger partial charge in [0.05, 0.1) is 22.6 Å². The van der Waals surface area contributed by atoms with Gasteiger partial charge in [0.15, 0.2) is 0 Å². The highest BCUT2D eigenvalue weighted by Crippen LogP contribution is 2.52. The van der Waals surface area contributed by atoms with Crippen molar-refractivity contribution in [2.24, 2.45) is 0 Å². The van der Waals surface area contributed by atoms with E-state index < -0.39 is 0 Å². The quantitative estimate of drug-likeness (QED) is 0.164. The van der Waals surface area contributed by atoms with Crippen molar-refractivity contribution in [3.05, 3.63) is 148 Å². The Kier molecular flexibility index (Phi) is 9.61. The second-order valence-corrected chi connectivity index (χ2v) is 23.4. The molecule has 5 heteroatoms. The molecular formula is C59H63BN2OS. The van der Waals surface area contributed by atoms with Crippen LogP contribution in [-0.4, -0.2) is 6.71 Å². The highest BCUT2D eigenvalue weighted by atomic mass is 32.1. The zero-order valence-electron chi connectivity index (χ0n) is 40.7. The lowest BCUT2D eigenvalue weighted by molar-refractivity contribution is 0.589. The molecule has 6 aromatic carbocycles. The first kappa shape index (κ1) is 42.4. The standard InChI is InChI=1S/C59H63BN2OS/c1-33(2)38-28-48-53-49(29-38)62(55-36(5)26-42(27-37(55)6)59(13,14)15)56-52(44-30-40(57(7,8)9)21-23-51(44)64-56)60(53)46-31-41(58(10,11)12)20-22-47(46)61(48)54-34(3)24-39(25-35(54)4)45-32-63-50-19-17-16-18-43(45)50/h16-33H,1-15H3. The summed E-state index contributed by atoms with van der Waals surface area (Å²) in [7, 11) is 0. The van der Waals surface area contributed by atoms with Gasteiger partial charge in [-0.25, -0.2) is 0 Å². The first-order valence-electron chi connectivity index (χ1n) is 23.3. The molecule has 0 saturated heterocycles. The van der Waals surface area contributed by atoms with Gasteiger partial charge >= 0.3 is 0 Å². The van der Waals surface area contributed by atoms with Crippen molar-refractivity contribution in [2.45, 2.75) is 126 Å². The number of thiophene rings is 1. The van der Waals surface area contributed by atoms with Crippen molar-refractivity contribution in [3.8, 4) is 11.1 Å². The first-order chi connectivity index (χ1) is 30.1. The normalized spacial score (nSPS) is 13.9. The van der Waals surface area contributed by atoms with Crippen molar-refractivity contribution in [2.75, 3.05) is 9.80 Å². The van der Waals surface area contributed by atoms with Gasteiger partial charge in [-0.1, -0.05) is 131 Å². The SMILES string of the molecule is Cc1cc(-c2coc3ccccc23)cc(C)c1N1c2ccc(C(C)(C)C)cc2B2c3c1cc(C(C)C)cc3N(c1c(C)cc(C(C)(C)C)cc1C)c1sc3ccc(C(C)(C)C)cc3c12. The Bertz CT molecular complexity index is 3170. The molecule has 0 N–H and O–H groups in total. The monoisotopic (exact) mass is 858 g/mol. The van der Waals surface area contributed by atoms with E-state index in [4.69, 9.17) is 4.42 Å². The lowest BCUT2D eigenvalue weighted by atomic mass is 9.33. The molecule has 64 heavy (non-hydrogen) atoms. The molecule has 0 aliphatic carbocycles. The topological polar surface area (TPSA) is 19.6 Å². The van der Waals surface area contributed by atoms with Crippen LogP contribution in [0.4, 0.5) is 33.4 Å². The third kappa shape index (κ3) is 6.59. The van der Waals surface area contributed by atoms with Gasteiger partial charge in [-0.2, -0.15) is 0 Å². The zero-order valence-corrected chi connectivity index (χ0v) is 41.5. The molecule has 3 nitrogen and oxygen atoms in total. The molecule has 2 aliphatic rings. The summed E-state index contributed by atoms with van der Waals surface area (Å²) in [4.78, 5) is 5.34. The Hall–Kier alpha value is -5.52. The summed E-state index contributed by atoms with van der Waals surface area (Å²) in [5, 5.41) is 3.85. The molecule has 2 aromatic heterocycles. The predicted molar refractivity (Wildman–Crippen MR) is 280 cm³/mol. The summed E-state index contributed by atoms with van der Waals surface area (Å²) in [6.07, 6.45) is 1.93. The number of furan rings is 1. The van der Waals surface area contributed by atoms with Crippen LogP contribution in [-0.2, 0) is 16.2 Å². The largest absolute Gasteiger partial charge is 0.464 e. The highest BCUT2D eigenvalue weighted by molar-refractivity contribution is 7.26. The molecule has 324 valence electrons. The molecule has 0 amide bonds. The molecule has 0 saturated carbocycles. The van der Waals surface area contributed by atoms with Crippen LogP contribution in [0.5, 0.6) is 0 Å². The summed E-state index contributed by atoms with van der Waals surface area (Å²) >= 11 is 1.97. The van der Waals surface area contributed by atoms with Gasteiger partial charge in [-0.05, 0) is 164 Å². The smallest absolute Gasteiger partial charge is 0.254 e. The molecule has 0 radical (unpaired) electrons. The summed E-state index contributed by atoms with van der Waals surface area (Å²) in [5.74, 6) is 0.316. The van der Waals surface area contributed by atoms with Gasteiger partial charge in [0, 0.05) is 32.7 Å². The van der Waals surface area contributed by atoms with E-state index in [1.165, 1.54) is 110 Å². The molecule has 4 heterocycles. The Balaban J connectivity index is 1.33. The summed E-state index contributed by atoms with van der Waals surface area (Å²) in [5.41, 5.74) is 24.3. The highest BCUT2D eigenvalue weighted by Gasteiger charge is 2.47. The van der Waals surface area contributed by atoms with Crippen LogP contribution in [0.2, 0.25) is 0 Å². The Morgan fingerprint density at radius 2 is 1.11 bits per heavy atom. The van der Waals surface area contributed by atoms with Crippen LogP contribution in [0.25, 0.3) is 32.2 Å². The zero-order chi connectivity index (χ0) is 45.5. The molecule has 0 unspecified atom stereocenters. The third-order valence-electron chi connectivity index (χ3n) is 14.2. The van der Waals surface area contributed by atoms with Gasteiger partial charge in [-0.15, -0.1) is 11.3 Å². The number of para-hydroxylation sites is 1. The van der Waals surface area contributed by atoms with Crippen LogP contribution in [0.15, 0.2) is 108 Å². The van der Waals surface area contributed by atoms with Gasteiger partial charge in [0.2, 0.25) is 0 Å². The van der Waals surface area contributed by atoms with Gasteiger partial charge < -0.3 is 14.2 Å². The van der Waals surface area contributed by atoms with Crippen molar-refractivity contribution in [3.63, 3.8) is 0 Å². The molecule has 2 aliphatic heterocycles. The fraction of sp³-hybridized carbons (Fsp3) is 0.322. The van der Waals surface area contributed by atoms with Crippen LogP contribution in [0.3, 0.4) is 0 Å². The molecule has 0 atom stereocenters. The first-order valence-corrected chi connectivity index (χ1v) is 24.1. The number of benzene rings is 6. The average molecular weight is 859 g/mol.